The highest BCUT2D eigenvalue weighted by Gasteiger charge is 2.41. The lowest BCUT2D eigenvalue weighted by molar-refractivity contribution is -0.385. The molecule has 0 aromatic heterocycles. The van der Waals surface area contributed by atoms with E-state index in [-0.39, 0.29) is 109 Å². The third-order valence-electron chi connectivity index (χ3n) is 18.1. The Morgan fingerprint density at radius 2 is 0.592 bits per heavy atom. The molecule has 0 bridgehead atoms. The number of non-ortho nitro benzene ring substituents is 2. The van der Waals surface area contributed by atoms with Gasteiger partial charge in [0.2, 0.25) is 0 Å². The second-order valence-electron chi connectivity index (χ2n) is 26.9. The fourth-order valence-corrected chi connectivity index (χ4v) is 17.1. The van der Waals surface area contributed by atoms with E-state index in [9.17, 15) is 129 Å². The van der Waals surface area contributed by atoms with E-state index in [0.29, 0.717) is 32.8 Å². The maximum absolute atomic E-state index is 12.9. The summed E-state index contributed by atoms with van der Waals surface area (Å²) in [6.07, 6.45) is -20.9. The summed E-state index contributed by atoms with van der Waals surface area (Å²) < 4.78 is 186. The summed E-state index contributed by atoms with van der Waals surface area (Å²) >= 11 is 6.55. The molecule has 6 atom stereocenters. The van der Waals surface area contributed by atoms with Gasteiger partial charge in [0.25, 0.3) is 58.6 Å². The van der Waals surface area contributed by atoms with Crippen LogP contribution in [0.15, 0.2) is 223 Å². The number of hydrogen-bond acceptors (Lipinski definition) is 32. The van der Waals surface area contributed by atoms with Crippen LogP contribution in [0.1, 0.15) is 109 Å². The molecule has 688 valence electrons. The first kappa shape index (κ1) is 100. The van der Waals surface area contributed by atoms with E-state index < -0.39 is 188 Å². The first-order valence-electron chi connectivity index (χ1n) is 37.1. The molecule has 0 N–H and O–H groups in total. The van der Waals surface area contributed by atoms with Gasteiger partial charge in [-0.05, 0) is 168 Å². The molecule has 8 aromatic carbocycles. The number of ether oxygens (including phenoxy) is 6. The van der Waals surface area contributed by atoms with Crippen molar-refractivity contribution in [3.63, 3.8) is 0 Å². The molecule has 0 radical (unpaired) electrons. The zero-order valence-corrected chi connectivity index (χ0v) is 73.1. The number of hydrogen-bond donors (Lipinski definition) is 0. The number of alkyl halides is 6. The van der Waals surface area contributed by atoms with Crippen LogP contribution < -0.4 is 9.47 Å². The van der Waals surface area contributed by atoms with Crippen molar-refractivity contribution < 1.29 is 167 Å². The average molecular weight is 2030 g/mol. The van der Waals surface area contributed by atoms with E-state index in [1.54, 1.807) is 48.5 Å². The zero-order valence-electron chi connectivity index (χ0n) is 66.7. The van der Waals surface area contributed by atoms with Crippen LogP contribution in [-0.4, -0.2) is 164 Å². The maximum atomic E-state index is 12.9. The van der Waals surface area contributed by atoms with Crippen molar-refractivity contribution >= 4 is 156 Å². The smallest absolute Gasteiger partial charge is 0.497 e. The summed E-state index contributed by atoms with van der Waals surface area (Å²) in [5.74, 6) is -6.91. The molecule has 0 spiro atoms. The summed E-state index contributed by atoms with van der Waals surface area (Å²) in [5, 5.41) is 22.9. The van der Waals surface area contributed by atoms with E-state index in [0.717, 1.165) is 81.7 Å². The standard InChI is InChI=1S/C20H15BrF3NO6S.C20H18BrNO8S.C20H15F3N2O8S.C20H18N2O10S/c21-14-5-1-12(2-6-14)16(30-19(28)31-25-17(26)9-10-18(25)27)11-32(29)15-7-3-13(4-8-15)20(22,23)24;1-28-15-6-8-16(9-7-15)31(26,27)12-17(13-2-4-14(21)5-3-13)29-20(25)30-22-18(23)10-11-19(22)24;21-20(22,23)13-3-7-15(8-4-13)34(31)11-16(12-1-5-14(6-2-12)25(29)30)32-19(28)33-24-17(26)9-10-18(24)27;1-30-15-6-8-16(9-7-15)33(28,29)12-17(13-2-4-14(5-3-13)22(26)27)31-20(25)32-21-18(23)10-11-19(21)24/h1-8,16H,9-11H2;2-9,17H,10-12H2,1H3;1-8,16H,9-11H2;2-9,17H,10-12H2,1H3. The first-order valence-corrected chi connectivity index (χ1v) is 44.6. The van der Waals surface area contributed by atoms with Crippen LogP contribution in [0.5, 0.6) is 11.5 Å². The van der Waals surface area contributed by atoms with Gasteiger partial charge in [-0.2, -0.15) is 26.3 Å². The minimum atomic E-state index is -4.58. The van der Waals surface area contributed by atoms with Gasteiger partial charge in [0.05, 0.1) is 89.6 Å². The van der Waals surface area contributed by atoms with Crippen molar-refractivity contribution in [1.29, 1.82) is 0 Å². The van der Waals surface area contributed by atoms with Gasteiger partial charge in [-0.25, -0.2) is 36.0 Å². The SMILES string of the molecule is COc1ccc(S(=O)(=O)CC(OC(=O)ON2C(=O)CCC2=O)c2ccc(Br)cc2)cc1.COc1ccc(S(=O)(=O)CC(OC(=O)ON2C(=O)CCC2=O)c2ccc([N+](=O)[O-])cc2)cc1.O=C(OC(CS(=O)c1ccc(C(F)(F)F)cc1)c1ccc(Br)cc1)ON1C(=O)CCC1=O.O=C(OC(CS(=O)c1ccc(C(F)(F)F)cc1)c1ccc([N+](=O)[O-])cc1)ON1C(=O)CCC1=O. The predicted octanol–water partition coefficient (Wildman–Crippen LogP) is 13.7. The second-order valence-corrected chi connectivity index (χ2v) is 35.8. The van der Waals surface area contributed by atoms with Gasteiger partial charge < -0.3 is 28.4 Å². The predicted molar refractivity (Wildman–Crippen MR) is 436 cm³/mol. The van der Waals surface area contributed by atoms with E-state index in [4.69, 9.17) is 38.1 Å². The number of hydroxylamine groups is 8. The number of nitrogens with zero attached hydrogens (tertiary/aromatic N) is 6. The number of nitro groups is 2. The maximum Gasteiger partial charge on any atom is 0.534 e. The highest BCUT2D eigenvalue weighted by Crippen LogP contribution is 2.36. The monoisotopic (exact) mass is 2020 g/mol. The molecule has 4 heterocycles. The van der Waals surface area contributed by atoms with E-state index in [1.165, 1.54) is 87.0 Å². The Kier molecular flexibility index (Phi) is 34.3. The van der Waals surface area contributed by atoms with E-state index >= 15 is 0 Å². The van der Waals surface area contributed by atoms with Gasteiger partial charge >= 0.3 is 37.0 Å². The molecular formula is C80H66Br2F6N6O32S4. The molecule has 4 fully saturated rings. The number of carbonyl (C=O) groups excluding carboxylic acids is 12. The molecule has 4 aliphatic rings. The lowest BCUT2D eigenvalue weighted by Gasteiger charge is -2.20. The number of carbonyl (C=O) groups is 12. The number of rotatable bonds is 28. The third-order valence-corrected chi connectivity index (χ3v) is 25.5. The third kappa shape index (κ3) is 28.3. The van der Waals surface area contributed by atoms with Crippen molar-refractivity contribution in [3.8, 4) is 11.5 Å². The largest absolute Gasteiger partial charge is 0.534 e. The molecule has 50 heteroatoms. The molecule has 6 unspecified atom stereocenters. The van der Waals surface area contributed by atoms with Crippen LogP contribution >= 0.6 is 31.9 Å². The normalized spacial score (nSPS) is 15.3. The molecule has 4 saturated heterocycles. The van der Waals surface area contributed by atoms with Crippen LogP contribution in [0.25, 0.3) is 0 Å². The lowest BCUT2D eigenvalue weighted by atomic mass is 10.1. The summed E-state index contributed by atoms with van der Waals surface area (Å²) in [6, 6.07) is 40.8. The van der Waals surface area contributed by atoms with Gasteiger partial charge in [0, 0.05) is 94.4 Å². The van der Waals surface area contributed by atoms with Gasteiger partial charge in [-0.15, -0.1) is 0 Å². The average Bonchev–Trinajstić information content (AvgIpc) is 1.15. The van der Waals surface area contributed by atoms with Crippen LogP contribution in [0, 0.1) is 20.2 Å². The minimum Gasteiger partial charge on any atom is -0.497 e. The minimum absolute atomic E-state index is 0.00165. The highest BCUT2D eigenvalue weighted by molar-refractivity contribution is 9.10. The topological polar surface area (TPSA) is 499 Å². The molecule has 130 heavy (non-hydrogen) atoms. The Morgan fingerprint density at radius 3 is 0.815 bits per heavy atom. The lowest BCUT2D eigenvalue weighted by Crippen LogP contribution is -2.33. The van der Waals surface area contributed by atoms with E-state index in [1.807, 2.05) is 0 Å². The number of benzene rings is 8. The number of nitro benzene ring substituents is 2. The zero-order chi connectivity index (χ0) is 95.3. The summed E-state index contributed by atoms with van der Waals surface area (Å²) in [7, 11) is -8.85. The molecule has 0 aliphatic carbocycles. The van der Waals surface area contributed by atoms with Crippen molar-refractivity contribution in [1.82, 2.24) is 20.3 Å². The summed E-state index contributed by atoms with van der Waals surface area (Å²) in [6.45, 7) is 0. The molecule has 4 aliphatic heterocycles. The van der Waals surface area contributed by atoms with Crippen molar-refractivity contribution in [2.24, 2.45) is 0 Å². The summed E-state index contributed by atoms with van der Waals surface area (Å²) in [4.78, 5) is 181. The van der Waals surface area contributed by atoms with Gasteiger partial charge in [0.15, 0.2) is 19.7 Å². The fraction of sp³-hybridized carbons (Fsp3) is 0.250. The number of amides is 8. The number of sulfone groups is 2. The van der Waals surface area contributed by atoms with Crippen molar-refractivity contribution in [2.75, 3.05) is 37.2 Å². The Morgan fingerprint density at radius 1 is 0.369 bits per heavy atom. The fourth-order valence-electron chi connectivity index (χ4n) is 11.5. The van der Waals surface area contributed by atoms with Gasteiger partial charge in [0.1, 0.15) is 35.9 Å². The van der Waals surface area contributed by atoms with Gasteiger partial charge in [-0.3, -0.25) is 86.4 Å². The highest BCUT2D eigenvalue weighted by atomic mass is 79.9. The molecule has 38 nitrogen and oxygen atoms in total. The molecular weight excluding hydrogens is 1960 g/mol. The Labute approximate surface area is 751 Å². The van der Waals surface area contributed by atoms with Crippen LogP contribution in [0.4, 0.5) is 56.9 Å². The second kappa shape index (κ2) is 44.5. The Hall–Kier alpha value is -13.5. The molecule has 0 saturated carbocycles. The molecule has 12 rings (SSSR count). The van der Waals surface area contributed by atoms with Crippen molar-refractivity contribution in [3.05, 3.63) is 257 Å². The van der Waals surface area contributed by atoms with Gasteiger partial charge in [-0.1, -0.05) is 76.4 Å². The van der Waals surface area contributed by atoms with Crippen LogP contribution in [-0.2, 0) is 130 Å². The Balaban J connectivity index is 0.000000195. The summed E-state index contributed by atoms with van der Waals surface area (Å²) in [5.41, 5.74) is -1.28. The Bertz CT molecular complexity index is 5810. The number of imide groups is 4. The first-order chi connectivity index (χ1) is 61.3. The molecule has 8 amide bonds. The quantitative estimate of drug-likeness (QED) is 0.0110. The van der Waals surface area contributed by atoms with Crippen molar-refractivity contribution in [2.45, 2.75) is 108 Å². The molecule has 8 aromatic rings. The number of methoxy groups -OCH3 is 2. The number of halogens is 8. The van der Waals surface area contributed by atoms with E-state index in [2.05, 4.69) is 41.5 Å². The van der Waals surface area contributed by atoms with Crippen LogP contribution in [0.2, 0.25) is 0 Å². The van der Waals surface area contributed by atoms with Crippen LogP contribution in [0.3, 0.4) is 0 Å².